The number of carbonyl (C=O) groups excluding carboxylic acids is 2. The number of carbonyl (C=O) groups is 2. The molecule has 0 bridgehead atoms. The fourth-order valence-corrected chi connectivity index (χ4v) is 2.64. The maximum absolute atomic E-state index is 12.1. The van der Waals surface area contributed by atoms with Crippen LogP contribution in [0.3, 0.4) is 0 Å². The predicted octanol–water partition coefficient (Wildman–Crippen LogP) is 3.22. The number of amides is 2. The van der Waals surface area contributed by atoms with E-state index < -0.39 is 11.7 Å². The fraction of sp³-hybridized carbons (Fsp3) is 0.125. The van der Waals surface area contributed by atoms with Gasteiger partial charge in [-0.1, -0.05) is 34.8 Å². The summed E-state index contributed by atoms with van der Waals surface area (Å²) < 4.78 is 0. The van der Waals surface area contributed by atoms with Gasteiger partial charge in [0.25, 0.3) is 11.8 Å². The molecular weight excluding hydrogens is 391 g/mol. The maximum atomic E-state index is 12.1. The Morgan fingerprint density at radius 3 is 2.04 bits per heavy atom. The number of hydrogen-bond acceptors (Lipinski definition) is 4. The van der Waals surface area contributed by atoms with E-state index in [1.165, 1.54) is 30.3 Å². The zero-order valence-corrected chi connectivity index (χ0v) is 14.9. The third kappa shape index (κ3) is 4.69. The third-order valence-electron chi connectivity index (χ3n) is 3.20. The molecule has 25 heavy (non-hydrogen) atoms. The van der Waals surface area contributed by atoms with E-state index in [0.29, 0.717) is 5.56 Å². The Morgan fingerprint density at radius 1 is 0.880 bits per heavy atom. The molecule has 0 aliphatic heterocycles. The third-order valence-corrected chi connectivity index (χ3v) is 4.27. The van der Waals surface area contributed by atoms with Crippen LogP contribution in [0.1, 0.15) is 20.7 Å². The molecule has 2 rings (SSSR count). The molecule has 0 heterocycles. The molecule has 4 N–H and O–H groups in total. The van der Waals surface area contributed by atoms with Crippen molar-refractivity contribution in [3.8, 4) is 11.5 Å². The molecule has 0 saturated heterocycles. The first-order valence-corrected chi connectivity index (χ1v) is 8.16. The van der Waals surface area contributed by atoms with E-state index in [2.05, 4.69) is 10.6 Å². The van der Waals surface area contributed by atoms with Gasteiger partial charge >= 0.3 is 0 Å². The average Bonchev–Trinajstić information content (AvgIpc) is 2.57. The SMILES string of the molecule is O=C(NCCNC(=O)c1c(O)c(Cl)cc(Cl)c1Cl)c1ccc(O)cc1. The highest BCUT2D eigenvalue weighted by molar-refractivity contribution is 6.45. The molecule has 6 nitrogen and oxygen atoms in total. The van der Waals surface area contributed by atoms with E-state index in [0.717, 1.165) is 0 Å². The number of phenolic OH excluding ortho intramolecular Hbond substituents is 2. The van der Waals surface area contributed by atoms with Crippen molar-refractivity contribution >= 4 is 46.6 Å². The van der Waals surface area contributed by atoms with Crippen molar-refractivity contribution in [1.82, 2.24) is 10.6 Å². The molecule has 2 aromatic carbocycles. The lowest BCUT2D eigenvalue weighted by atomic mass is 10.2. The summed E-state index contributed by atoms with van der Waals surface area (Å²) in [5.74, 6) is -1.45. The second kappa shape index (κ2) is 8.29. The molecule has 2 amide bonds. The molecule has 0 atom stereocenters. The summed E-state index contributed by atoms with van der Waals surface area (Å²) in [5.41, 5.74) is 0.135. The Hall–Kier alpha value is -2.15. The molecule has 0 unspecified atom stereocenters. The van der Waals surface area contributed by atoms with Crippen LogP contribution in [0.4, 0.5) is 0 Å². The van der Waals surface area contributed by atoms with Crippen LogP contribution in [0, 0.1) is 0 Å². The van der Waals surface area contributed by atoms with Gasteiger partial charge in [0.05, 0.1) is 15.1 Å². The largest absolute Gasteiger partial charge is 0.508 e. The Labute approximate surface area is 158 Å². The van der Waals surface area contributed by atoms with E-state index in [1.54, 1.807) is 0 Å². The highest BCUT2D eigenvalue weighted by Crippen LogP contribution is 2.38. The number of halogens is 3. The van der Waals surface area contributed by atoms with E-state index in [9.17, 15) is 19.8 Å². The smallest absolute Gasteiger partial charge is 0.256 e. The Morgan fingerprint density at radius 2 is 1.44 bits per heavy atom. The normalized spacial score (nSPS) is 10.4. The average molecular weight is 404 g/mol. The van der Waals surface area contributed by atoms with Gasteiger partial charge < -0.3 is 20.8 Å². The van der Waals surface area contributed by atoms with Crippen molar-refractivity contribution in [2.45, 2.75) is 0 Å². The van der Waals surface area contributed by atoms with Crippen molar-refractivity contribution in [2.75, 3.05) is 13.1 Å². The number of rotatable bonds is 5. The van der Waals surface area contributed by atoms with Crippen molar-refractivity contribution < 1.29 is 19.8 Å². The standard InChI is InChI=1S/C16H13Cl3N2O4/c17-10-7-11(18)14(23)12(13(10)19)16(25)21-6-5-20-15(24)8-1-3-9(22)4-2-8/h1-4,7,22-23H,5-6H2,(H,20,24)(H,21,25). The summed E-state index contributed by atoms with van der Waals surface area (Å²) in [6.07, 6.45) is 0. The minimum Gasteiger partial charge on any atom is -0.508 e. The summed E-state index contributed by atoms with van der Waals surface area (Å²) in [6, 6.07) is 6.95. The van der Waals surface area contributed by atoms with Crippen LogP contribution in [-0.4, -0.2) is 35.1 Å². The summed E-state index contributed by atoms with van der Waals surface area (Å²) in [4.78, 5) is 24.0. The summed E-state index contributed by atoms with van der Waals surface area (Å²) in [5, 5.41) is 24.0. The number of hydrogen-bond donors (Lipinski definition) is 4. The van der Waals surface area contributed by atoms with Crippen LogP contribution in [0.5, 0.6) is 11.5 Å². The molecular formula is C16H13Cl3N2O4. The van der Waals surface area contributed by atoms with Gasteiger partial charge in [-0.2, -0.15) is 0 Å². The summed E-state index contributed by atoms with van der Waals surface area (Å²) in [7, 11) is 0. The quantitative estimate of drug-likeness (QED) is 0.455. The Bertz CT molecular complexity index is 784. The van der Waals surface area contributed by atoms with Gasteiger partial charge in [-0.3, -0.25) is 9.59 Å². The van der Waals surface area contributed by atoms with E-state index in [4.69, 9.17) is 34.8 Å². The lowest BCUT2D eigenvalue weighted by molar-refractivity contribution is 0.0926. The van der Waals surface area contributed by atoms with E-state index in [-0.39, 0.29) is 45.4 Å². The fourth-order valence-electron chi connectivity index (χ4n) is 1.95. The molecule has 9 heteroatoms. The molecule has 0 aliphatic rings. The van der Waals surface area contributed by atoms with Gasteiger partial charge in [0, 0.05) is 18.7 Å². The van der Waals surface area contributed by atoms with Crippen LogP contribution in [0.2, 0.25) is 15.1 Å². The minimum atomic E-state index is -0.675. The Kier molecular flexibility index (Phi) is 6.36. The molecule has 132 valence electrons. The van der Waals surface area contributed by atoms with Crippen molar-refractivity contribution in [3.05, 3.63) is 56.5 Å². The monoisotopic (exact) mass is 402 g/mol. The molecule has 0 spiro atoms. The Balaban J connectivity index is 1.91. The molecule has 0 radical (unpaired) electrons. The van der Waals surface area contributed by atoms with Crippen LogP contribution >= 0.6 is 34.8 Å². The van der Waals surface area contributed by atoms with Crippen molar-refractivity contribution in [3.63, 3.8) is 0 Å². The van der Waals surface area contributed by atoms with Crippen molar-refractivity contribution in [1.29, 1.82) is 0 Å². The first-order valence-electron chi connectivity index (χ1n) is 7.03. The predicted molar refractivity (Wildman–Crippen MR) is 95.9 cm³/mol. The van der Waals surface area contributed by atoms with Crippen LogP contribution < -0.4 is 10.6 Å². The number of benzene rings is 2. The summed E-state index contributed by atoms with van der Waals surface area (Å²) >= 11 is 17.5. The van der Waals surface area contributed by atoms with Crippen LogP contribution in [0.25, 0.3) is 0 Å². The number of phenols is 2. The number of nitrogens with one attached hydrogen (secondary N) is 2. The minimum absolute atomic E-state index is 0.0373. The highest BCUT2D eigenvalue weighted by Gasteiger charge is 2.20. The molecule has 0 aromatic heterocycles. The molecule has 0 saturated carbocycles. The highest BCUT2D eigenvalue weighted by atomic mass is 35.5. The van der Waals surface area contributed by atoms with Crippen LogP contribution in [-0.2, 0) is 0 Å². The first-order chi connectivity index (χ1) is 11.8. The van der Waals surface area contributed by atoms with Gasteiger partial charge in [0.1, 0.15) is 17.1 Å². The number of aromatic hydroxyl groups is 2. The topological polar surface area (TPSA) is 98.7 Å². The zero-order valence-electron chi connectivity index (χ0n) is 12.6. The van der Waals surface area contributed by atoms with Gasteiger partial charge in [-0.05, 0) is 30.3 Å². The second-order valence-corrected chi connectivity index (χ2v) is 6.13. The van der Waals surface area contributed by atoms with Gasteiger partial charge in [-0.15, -0.1) is 0 Å². The van der Waals surface area contributed by atoms with Gasteiger partial charge in [0.2, 0.25) is 0 Å². The van der Waals surface area contributed by atoms with Crippen molar-refractivity contribution in [2.24, 2.45) is 0 Å². The molecule has 0 aliphatic carbocycles. The van der Waals surface area contributed by atoms with Crippen LogP contribution in [0.15, 0.2) is 30.3 Å². The first kappa shape index (κ1) is 19.2. The summed E-state index contributed by atoms with van der Waals surface area (Å²) in [6.45, 7) is 0.223. The lowest BCUT2D eigenvalue weighted by Crippen LogP contribution is -2.34. The lowest BCUT2D eigenvalue weighted by Gasteiger charge is -2.11. The molecule has 0 fully saturated rings. The van der Waals surface area contributed by atoms with Gasteiger partial charge in [-0.25, -0.2) is 0 Å². The maximum Gasteiger partial charge on any atom is 0.256 e. The second-order valence-electron chi connectivity index (χ2n) is 4.94. The molecule has 2 aromatic rings. The zero-order chi connectivity index (χ0) is 18.6. The van der Waals surface area contributed by atoms with E-state index >= 15 is 0 Å². The van der Waals surface area contributed by atoms with Gasteiger partial charge in [0.15, 0.2) is 0 Å². The van der Waals surface area contributed by atoms with E-state index in [1.807, 2.05) is 0 Å².